The molecular weight excluding hydrogens is 402 g/mol. The van der Waals surface area contributed by atoms with Gasteiger partial charge in [0.05, 0.1) is 12.2 Å². The number of unbranched alkanes of at least 4 members (excludes halogenated alkanes) is 1. The standard InChI is InChI=1S/C24H36F2O3Si/c1-3-5-14-30-15-12-18(13-16-30)17-6-8-19(9-7-17)29-24(27)20-10-11-21(28-4-2)23(26)22(20)25/h10-11,17-19,30H,3-9,12-16H2,1-2H3/t17-,18?,19-,30?. The largest absolute Gasteiger partial charge is 0.491 e. The van der Waals surface area contributed by atoms with Crippen molar-refractivity contribution in [3.05, 3.63) is 29.3 Å². The molecule has 1 aliphatic heterocycles. The molecule has 3 rings (SSSR count). The fourth-order valence-electron chi connectivity index (χ4n) is 5.29. The molecular formula is C24H36F2O3Si. The predicted octanol–water partition coefficient (Wildman–Crippen LogP) is 6.52. The Bertz CT molecular complexity index is 696. The molecule has 6 heteroatoms. The molecule has 1 aromatic carbocycles. The number of hydrogen-bond acceptors (Lipinski definition) is 3. The molecule has 1 aromatic rings. The van der Waals surface area contributed by atoms with Gasteiger partial charge in [0.25, 0.3) is 0 Å². The van der Waals surface area contributed by atoms with Gasteiger partial charge in [-0.05, 0) is 56.6 Å². The van der Waals surface area contributed by atoms with E-state index in [2.05, 4.69) is 6.92 Å². The van der Waals surface area contributed by atoms with Crippen LogP contribution in [0.3, 0.4) is 0 Å². The minimum atomic E-state index is -1.19. The highest BCUT2D eigenvalue weighted by Crippen LogP contribution is 2.40. The van der Waals surface area contributed by atoms with Crippen molar-refractivity contribution in [2.75, 3.05) is 6.61 Å². The Hall–Kier alpha value is -1.43. The molecule has 0 aromatic heterocycles. The molecule has 0 spiro atoms. The summed E-state index contributed by atoms with van der Waals surface area (Å²) in [5.41, 5.74) is -0.353. The van der Waals surface area contributed by atoms with Crippen LogP contribution < -0.4 is 4.74 Å². The highest BCUT2D eigenvalue weighted by Gasteiger charge is 2.32. The molecule has 2 fully saturated rings. The average molecular weight is 439 g/mol. The van der Waals surface area contributed by atoms with Gasteiger partial charge in [-0.25, -0.2) is 9.18 Å². The van der Waals surface area contributed by atoms with Gasteiger partial charge in [-0.3, -0.25) is 0 Å². The lowest BCUT2D eigenvalue weighted by Crippen LogP contribution is -2.31. The second kappa shape index (κ2) is 11.3. The van der Waals surface area contributed by atoms with E-state index < -0.39 is 26.4 Å². The van der Waals surface area contributed by atoms with Crippen molar-refractivity contribution in [1.29, 1.82) is 0 Å². The topological polar surface area (TPSA) is 35.5 Å². The summed E-state index contributed by atoms with van der Waals surface area (Å²) in [4.78, 5) is 12.4. The Balaban J connectivity index is 1.46. The van der Waals surface area contributed by atoms with Crippen LogP contribution in [0.1, 0.15) is 75.6 Å². The maximum atomic E-state index is 14.3. The maximum absolute atomic E-state index is 14.3. The number of carbonyl (C=O) groups excluding carboxylic acids is 1. The number of rotatable bonds is 8. The molecule has 0 atom stereocenters. The molecule has 0 amide bonds. The Kier molecular flexibility index (Phi) is 8.72. The van der Waals surface area contributed by atoms with Crippen LogP contribution in [0.2, 0.25) is 18.1 Å². The van der Waals surface area contributed by atoms with Crippen LogP contribution in [-0.4, -0.2) is 27.5 Å². The van der Waals surface area contributed by atoms with E-state index in [9.17, 15) is 13.6 Å². The molecule has 2 aliphatic rings. The van der Waals surface area contributed by atoms with Gasteiger partial charge in [-0.2, -0.15) is 4.39 Å². The smallest absolute Gasteiger partial charge is 0.341 e. The van der Waals surface area contributed by atoms with Gasteiger partial charge in [0.1, 0.15) is 6.10 Å². The normalized spacial score (nSPS) is 26.9. The summed E-state index contributed by atoms with van der Waals surface area (Å²) in [6.07, 6.45) is 9.12. The number of ether oxygens (including phenoxy) is 2. The van der Waals surface area contributed by atoms with E-state index in [1.54, 1.807) is 6.92 Å². The van der Waals surface area contributed by atoms with Crippen LogP contribution in [0.4, 0.5) is 8.78 Å². The zero-order chi connectivity index (χ0) is 21.5. The molecule has 168 valence electrons. The number of hydrogen-bond donors (Lipinski definition) is 0. The van der Waals surface area contributed by atoms with Gasteiger partial charge in [0.2, 0.25) is 5.82 Å². The highest BCUT2D eigenvalue weighted by molar-refractivity contribution is 6.58. The third-order valence-corrected chi connectivity index (χ3v) is 10.6. The predicted molar refractivity (Wildman–Crippen MR) is 118 cm³/mol. The monoisotopic (exact) mass is 438 g/mol. The van der Waals surface area contributed by atoms with Crippen molar-refractivity contribution in [2.24, 2.45) is 11.8 Å². The third-order valence-electron chi connectivity index (χ3n) is 7.08. The van der Waals surface area contributed by atoms with Crippen LogP contribution in [0, 0.1) is 23.5 Å². The lowest BCUT2D eigenvalue weighted by molar-refractivity contribution is 0.0121. The summed E-state index contributed by atoms with van der Waals surface area (Å²) in [5, 5.41) is 0. The number of halogens is 2. The van der Waals surface area contributed by atoms with Crippen molar-refractivity contribution < 1.29 is 23.0 Å². The van der Waals surface area contributed by atoms with E-state index in [-0.39, 0.29) is 24.0 Å². The van der Waals surface area contributed by atoms with Gasteiger partial charge in [0.15, 0.2) is 11.6 Å². The molecule has 1 saturated heterocycles. The molecule has 30 heavy (non-hydrogen) atoms. The lowest BCUT2D eigenvalue weighted by Gasteiger charge is -2.37. The number of carbonyl (C=O) groups is 1. The van der Waals surface area contributed by atoms with Crippen molar-refractivity contribution in [1.82, 2.24) is 0 Å². The first-order valence-electron chi connectivity index (χ1n) is 11.8. The molecule has 1 heterocycles. The minimum Gasteiger partial charge on any atom is -0.491 e. The average Bonchev–Trinajstić information content (AvgIpc) is 2.76. The first-order valence-corrected chi connectivity index (χ1v) is 14.3. The fourth-order valence-corrected chi connectivity index (χ4v) is 8.94. The minimum absolute atomic E-state index is 0.181. The summed E-state index contributed by atoms with van der Waals surface area (Å²) in [7, 11) is -0.466. The molecule has 0 bridgehead atoms. The van der Waals surface area contributed by atoms with Crippen molar-refractivity contribution in [3.63, 3.8) is 0 Å². The fraction of sp³-hybridized carbons (Fsp3) is 0.708. The van der Waals surface area contributed by atoms with Gasteiger partial charge < -0.3 is 9.47 Å². The second-order valence-electron chi connectivity index (χ2n) is 9.04. The lowest BCUT2D eigenvalue weighted by atomic mass is 9.76. The van der Waals surface area contributed by atoms with Crippen LogP contribution in [0.5, 0.6) is 5.75 Å². The van der Waals surface area contributed by atoms with Crippen LogP contribution >= 0.6 is 0 Å². The SMILES string of the molecule is CCCC[SiH]1CCC([C@H]2CC[C@H](OC(=O)c3ccc(OCC)c(F)c3F)CC2)CC1. The molecule has 0 unspecified atom stereocenters. The van der Waals surface area contributed by atoms with Gasteiger partial charge in [-0.15, -0.1) is 0 Å². The first kappa shape index (κ1) is 23.2. The zero-order valence-corrected chi connectivity index (χ0v) is 19.6. The van der Waals surface area contributed by atoms with E-state index in [0.717, 1.165) is 37.5 Å². The summed E-state index contributed by atoms with van der Waals surface area (Å²) in [6.45, 7) is 4.20. The van der Waals surface area contributed by atoms with E-state index in [1.165, 1.54) is 55.9 Å². The summed E-state index contributed by atoms with van der Waals surface area (Å²) < 4.78 is 38.9. The summed E-state index contributed by atoms with van der Waals surface area (Å²) >= 11 is 0. The second-order valence-corrected chi connectivity index (χ2v) is 12.5. The van der Waals surface area contributed by atoms with E-state index in [0.29, 0.717) is 0 Å². The number of benzene rings is 1. The Morgan fingerprint density at radius 3 is 2.30 bits per heavy atom. The Labute approximate surface area is 181 Å². The Morgan fingerprint density at radius 2 is 1.67 bits per heavy atom. The first-order chi connectivity index (χ1) is 14.5. The van der Waals surface area contributed by atoms with E-state index in [4.69, 9.17) is 9.47 Å². The van der Waals surface area contributed by atoms with Crippen molar-refractivity contribution in [2.45, 2.75) is 89.5 Å². The van der Waals surface area contributed by atoms with Gasteiger partial charge >= 0.3 is 5.97 Å². The van der Waals surface area contributed by atoms with E-state index in [1.807, 2.05) is 0 Å². The molecule has 0 radical (unpaired) electrons. The quantitative estimate of drug-likeness (QED) is 0.342. The van der Waals surface area contributed by atoms with Crippen molar-refractivity contribution >= 4 is 14.8 Å². The summed E-state index contributed by atoms with van der Waals surface area (Å²) in [6, 6.07) is 7.06. The Morgan fingerprint density at radius 1 is 1.00 bits per heavy atom. The van der Waals surface area contributed by atoms with E-state index >= 15 is 0 Å². The maximum Gasteiger partial charge on any atom is 0.341 e. The molecule has 3 nitrogen and oxygen atoms in total. The summed E-state index contributed by atoms with van der Waals surface area (Å²) in [5.74, 6) is -1.71. The third kappa shape index (κ3) is 5.83. The van der Waals surface area contributed by atoms with Crippen LogP contribution in [0.25, 0.3) is 0 Å². The van der Waals surface area contributed by atoms with Crippen LogP contribution in [-0.2, 0) is 4.74 Å². The van der Waals surface area contributed by atoms with Gasteiger partial charge in [0, 0.05) is 8.80 Å². The highest BCUT2D eigenvalue weighted by atomic mass is 28.3. The van der Waals surface area contributed by atoms with Gasteiger partial charge in [-0.1, -0.05) is 50.7 Å². The molecule has 1 aliphatic carbocycles. The van der Waals surface area contributed by atoms with Crippen LogP contribution in [0.15, 0.2) is 12.1 Å². The molecule has 0 N–H and O–H groups in total. The zero-order valence-electron chi connectivity index (χ0n) is 18.4. The van der Waals surface area contributed by atoms with Crippen molar-refractivity contribution in [3.8, 4) is 5.75 Å². The molecule has 1 saturated carbocycles. The number of esters is 1.